The van der Waals surface area contributed by atoms with Crippen LogP contribution in [0.25, 0.3) is 21.5 Å². The molecule has 0 bridgehead atoms. The van der Waals surface area contributed by atoms with Crippen LogP contribution in [0.3, 0.4) is 0 Å². The van der Waals surface area contributed by atoms with Crippen LogP contribution >= 0.6 is 0 Å². The number of benzene rings is 4. The molecule has 2 heteroatoms. The van der Waals surface area contributed by atoms with Crippen molar-refractivity contribution in [2.75, 3.05) is 7.05 Å². The average molecular weight is 464 g/mol. The van der Waals surface area contributed by atoms with Gasteiger partial charge in [-0.15, -0.1) is 0 Å². The highest BCUT2D eigenvalue weighted by Gasteiger charge is 2.54. The van der Waals surface area contributed by atoms with Gasteiger partial charge < -0.3 is 0 Å². The molecule has 0 aromatic heterocycles. The molecule has 0 spiro atoms. The van der Waals surface area contributed by atoms with Crippen molar-refractivity contribution in [3.63, 3.8) is 0 Å². The lowest BCUT2D eigenvalue weighted by Gasteiger charge is -2.41. The summed E-state index contributed by atoms with van der Waals surface area (Å²) < 4.78 is 2.47. The lowest BCUT2D eigenvalue weighted by Crippen LogP contribution is -2.53. The number of hydrogen-bond acceptors (Lipinski definition) is 1. The van der Waals surface area contributed by atoms with Crippen molar-refractivity contribution < 1.29 is 4.58 Å². The highest BCUT2D eigenvalue weighted by Crippen LogP contribution is 2.45. The van der Waals surface area contributed by atoms with E-state index in [2.05, 4.69) is 149 Å². The van der Waals surface area contributed by atoms with E-state index in [0.29, 0.717) is 12.1 Å². The first-order valence-electron chi connectivity index (χ1n) is 12.9. The lowest BCUT2D eigenvalue weighted by atomic mass is 9.72. The molecule has 0 aliphatic carbocycles. The largest absolute Gasteiger partial charge is 0.263 e. The van der Waals surface area contributed by atoms with Gasteiger partial charge >= 0.3 is 0 Å². The van der Waals surface area contributed by atoms with Gasteiger partial charge in [-0.25, -0.2) is 4.90 Å². The van der Waals surface area contributed by atoms with Crippen molar-refractivity contribution in [1.82, 2.24) is 4.90 Å². The molecule has 0 unspecified atom stereocenters. The van der Waals surface area contributed by atoms with Crippen LogP contribution in [0.1, 0.15) is 58.7 Å². The molecule has 5 rings (SSSR count). The molecule has 0 N–H and O–H groups in total. The minimum absolute atomic E-state index is 0.0899. The fraction of sp³-hybridized carbons (Fsp3) is 0.364. The van der Waals surface area contributed by atoms with E-state index in [4.69, 9.17) is 0 Å². The average Bonchev–Trinajstić information content (AvgIpc) is 3.17. The highest BCUT2D eigenvalue weighted by molar-refractivity contribution is 5.90. The van der Waals surface area contributed by atoms with Gasteiger partial charge in [0, 0.05) is 22.0 Å². The van der Waals surface area contributed by atoms with Gasteiger partial charge in [0.1, 0.15) is 18.1 Å². The maximum atomic E-state index is 2.68. The van der Waals surface area contributed by atoms with Crippen LogP contribution in [0.4, 0.5) is 0 Å². The van der Waals surface area contributed by atoms with Crippen LogP contribution in [-0.2, 0) is 0 Å². The molecule has 2 atom stereocenters. The van der Waals surface area contributed by atoms with Gasteiger partial charge in [-0.05, 0) is 21.5 Å². The van der Waals surface area contributed by atoms with E-state index in [1.54, 1.807) is 0 Å². The summed E-state index contributed by atoms with van der Waals surface area (Å²) in [6, 6.07) is 32.1. The summed E-state index contributed by atoms with van der Waals surface area (Å²) in [5, 5.41) is 5.25. The highest BCUT2D eigenvalue weighted by atomic mass is 15.3. The Bertz CT molecular complexity index is 1310. The molecule has 0 amide bonds. The Labute approximate surface area is 210 Å². The van der Waals surface area contributed by atoms with E-state index >= 15 is 0 Å². The van der Waals surface area contributed by atoms with E-state index in [1.165, 1.54) is 32.7 Å². The quantitative estimate of drug-likeness (QED) is 0.280. The van der Waals surface area contributed by atoms with Crippen molar-refractivity contribution in [3.8, 4) is 0 Å². The first-order chi connectivity index (χ1) is 16.6. The molecule has 2 nitrogen and oxygen atoms in total. The van der Waals surface area contributed by atoms with Crippen molar-refractivity contribution in [3.05, 3.63) is 96.1 Å². The maximum absolute atomic E-state index is 2.68. The zero-order valence-electron chi connectivity index (χ0n) is 22.3. The van der Waals surface area contributed by atoms with Crippen molar-refractivity contribution in [2.45, 2.75) is 59.7 Å². The summed E-state index contributed by atoms with van der Waals surface area (Å²) in [6.45, 7) is 14.4. The molecule has 1 aliphatic heterocycles. The molecule has 0 saturated heterocycles. The molecule has 1 aliphatic rings. The van der Waals surface area contributed by atoms with E-state index in [-0.39, 0.29) is 16.9 Å². The number of nitrogens with zero attached hydrogens (tertiary/aromatic N) is 2. The zero-order chi connectivity index (χ0) is 25.0. The molecular weight excluding hydrogens is 424 g/mol. The second-order valence-electron chi connectivity index (χ2n) is 12.4. The second-order valence-corrected chi connectivity index (χ2v) is 12.4. The summed E-state index contributed by atoms with van der Waals surface area (Å²) in [5.74, 6) is 0. The minimum Gasteiger partial charge on any atom is -0.263 e. The molecule has 35 heavy (non-hydrogen) atoms. The Morgan fingerprint density at radius 1 is 0.629 bits per heavy atom. The number of fused-ring (bicyclic) bond motifs is 2. The van der Waals surface area contributed by atoms with E-state index in [0.717, 1.165) is 0 Å². The van der Waals surface area contributed by atoms with Crippen LogP contribution in [0.5, 0.6) is 0 Å². The third kappa shape index (κ3) is 4.14. The fourth-order valence-corrected chi connectivity index (χ4v) is 6.44. The molecule has 180 valence electrons. The Morgan fingerprint density at radius 2 is 1.09 bits per heavy atom. The molecule has 4 aromatic rings. The van der Waals surface area contributed by atoms with E-state index in [9.17, 15) is 0 Å². The first kappa shape index (κ1) is 23.6. The SMILES string of the molecule is C[N+]1=CN(C(c2cccc3ccccc23)c2cccc3ccccc23)[C@H](C(C)(C)C)[C@H]1C(C)(C)C. The Hall–Kier alpha value is -3.13. The van der Waals surface area contributed by atoms with E-state index < -0.39 is 0 Å². The van der Waals surface area contributed by atoms with Crippen LogP contribution in [-0.4, -0.2) is 34.9 Å². The third-order valence-electron chi connectivity index (χ3n) is 7.68. The first-order valence-corrected chi connectivity index (χ1v) is 12.9. The van der Waals surface area contributed by atoms with E-state index in [1.807, 2.05) is 0 Å². The van der Waals surface area contributed by atoms with Crippen molar-refractivity contribution >= 4 is 27.9 Å². The predicted molar refractivity (Wildman–Crippen MR) is 150 cm³/mol. The van der Waals surface area contributed by atoms with Gasteiger partial charge in [0.2, 0.25) is 6.34 Å². The summed E-state index contributed by atoms with van der Waals surface area (Å²) in [5.41, 5.74) is 2.97. The number of likely N-dealkylation sites (N-methyl/N-ethyl adjacent to an activating group) is 1. The summed E-state index contributed by atoms with van der Waals surface area (Å²) >= 11 is 0. The standard InChI is InChI=1S/C33H39N2/c1-32(2,3)30-31(33(4,5)6)35(22-34(30)7)29(27-20-12-16-23-14-8-10-18-25(23)27)28-21-13-17-24-15-9-11-19-26(24)28/h8-22,29-31H,1-7H3/q+1/t30-,31-/m0/s1. The normalized spacial score (nSPS) is 19.1. The number of hydrogen-bond donors (Lipinski definition) is 0. The summed E-state index contributed by atoms with van der Waals surface area (Å²) in [7, 11) is 2.26. The van der Waals surface area contributed by atoms with Crippen LogP contribution in [0.2, 0.25) is 0 Å². The molecular formula is C33H39N2+. The fourth-order valence-electron chi connectivity index (χ4n) is 6.44. The van der Waals surface area contributed by atoms with Gasteiger partial charge in [0.15, 0.2) is 0 Å². The molecule has 4 aromatic carbocycles. The van der Waals surface area contributed by atoms with Gasteiger partial charge in [0.05, 0.1) is 7.05 Å². The van der Waals surface area contributed by atoms with Gasteiger partial charge in [-0.3, -0.25) is 4.58 Å². The second kappa shape index (κ2) is 8.52. The van der Waals surface area contributed by atoms with Crippen LogP contribution < -0.4 is 0 Å². The van der Waals surface area contributed by atoms with Gasteiger partial charge in [-0.2, -0.15) is 0 Å². The van der Waals surface area contributed by atoms with Crippen LogP contribution in [0.15, 0.2) is 84.9 Å². The molecule has 0 fully saturated rings. The Kier molecular flexibility index (Phi) is 5.74. The number of rotatable bonds is 3. The lowest BCUT2D eigenvalue weighted by molar-refractivity contribution is -0.546. The Morgan fingerprint density at radius 3 is 1.54 bits per heavy atom. The predicted octanol–water partition coefficient (Wildman–Crippen LogP) is 7.90. The molecule has 0 saturated carbocycles. The van der Waals surface area contributed by atoms with Gasteiger partial charge in [0.25, 0.3) is 0 Å². The van der Waals surface area contributed by atoms with Crippen molar-refractivity contribution in [2.24, 2.45) is 10.8 Å². The van der Waals surface area contributed by atoms with Gasteiger partial charge in [-0.1, -0.05) is 126 Å². The smallest absolute Gasteiger partial charge is 0.235 e. The zero-order valence-corrected chi connectivity index (χ0v) is 22.3. The molecule has 1 heterocycles. The topological polar surface area (TPSA) is 6.25 Å². The monoisotopic (exact) mass is 463 g/mol. The van der Waals surface area contributed by atoms with Crippen molar-refractivity contribution in [1.29, 1.82) is 0 Å². The minimum atomic E-state index is 0.0899. The molecule has 0 radical (unpaired) electrons. The summed E-state index contributed by atoms with van der Waals surface area (Å²) in [6.07, 6.45) is 2.40. The van der Waals surface area contributed by atoms with Crippen LogP contribution in [0, 0.1) is 10.8 Å². The third-order valence-corrected chi connectivity index (χ3v) is 7.68. The summed E-state index contributed by atoms with van der Waals surface area (Å²) in [4.78, 5) is 2.68. The maximum Gasteiger partial charge on any atom is 0.235 e. The Balaban J connectivity index is 1.83.